The first-order valence-corrected chi connectivity index (χ1v) is 10.9. The number of nitrogens with one attached hydrogen (secondary N) is 1. The molecule has 0 aliphatic rings. The SMILES string of the molecule is CCCCCn1ccc2cc(-c3ccc(F)cn3)c(F)cc2c1=O.Nc1cn[nH]c(=O)c1C(F)(F)F. The number of fused-ring (bicyclic) bond motifs is 1. The smallest absolute Gasteiger partial charge is 0.397 e. The van der Waals surface area contributed by atoms with Gasteiger partial charge in [-0.2, -0.15) is 18.3 Å². The van der Waals surface area contributed by atoms with Gasteiger partial charge in [0.25, 0.3) is 11.1 Å². The summed E-state index contributed by atoms with van der Waals surface area (Å²) < 4.78 is 65.0. The van der Waals surface area contributed by atoms with Gasteiger partial charge < -0.3 is 10.3 Å². The number of nitrogen functional groups attached to an aromatic ring is 1. The van der Waals surface area contributed by atoms with Crippen LogP contribution in [0.15, 0.2) is 58.5 Å². The van der Waals surface area contributed by atoms with E-state index in [1.54, 1.807) is 28.0 Å². The largest absolute Gasteiger partial charge is 0.423 e. The zero-order valence-electron chi connectivity index (χ0n) is 19.1. The fourth-order valence-electron chi connectivity index (χ4n) is 3.45. The lowest BCUT2D eigenvalue weighted by Crippen LogP contribution is -2.24. The van der Waals surface area contributed by atoms with E-state index in [0.717, 1.165) is 31.7 Å². The van der Waals surface area contributed by atoms with E-state index in [-0.39, 0.29) is 11.1 Å². The first kappa shape index (κ1) is 26.5. The first-order valence-electron chi connectivity index (χ1n) is 10.9. The first-order chi connectivity index (χ1) is 17.0. The van der Waals surface area contributed by atoms with E-state index in [2.05, 4.69) is 17.0 Å². The van der Waals surface area contributed by atoms with Crippen molar-refractivity contribution in [2.45, 2.75) is 38.9 Å². The summed E-state index contributed by atoms with van der Waals surface area (Å²) in [6.45, 7) is 2.73. The molecule has 36 heavy (non-hydrogen) atoms. The molecule has 7 nitrogen and oxygen atoms in total. The highest BCUT2D eigenvalue weighted by Gasteiger charge is 2.36. The van der Waals surface area contributed by atoms with E-state index >= 15 is 0 Å². The van der Waals surface area contributed by atoms with Crippen LogP contribution in [0.2, 0.25) is 0 Å². The Morgan fingerprint density at radius 3 is 2.39 bits per heavy atom. The van der Waals surface area contributed by atoms with Gasteiger partial charge in [0.1, 0.15) is 17.2 Å². The number of nitrogens with two attached hydrogens (primary N) is 1. The van der Waals surface area contributed by atoms with Crippen LogP contribution >= 0.6 is 0 Å². The maximum absolute atomic E-state index is 14.4. The number of unbranched alkanes of at least 4 members (excludes halogenated alkanes) is 2. The van der Waals surface area contributed by atoms with Gasteiger partial charge in [0.2, 0.25) is 0 Å². The van der Waals surface area contributed by atoms with E-state index in [4.69, 9.17) is 5.73 Å². The minimum Gasteiger partial charge on any atom is -0.397 e. The normalized spacial score (nSPS) is 11.3. The monoisotopic (exact) mass is 507 g/mol. The Balaban J connectivity index is 0.000000253. The Hall–Kier alpha value is -4.09. The van der Waals surface area contributed by atoms with Crippen molar-refractivity contribution in [1.29, 1.82) is 0 Å². The average molecular weight is 507 g/mol. The number of H-pyrrole nitrogens is 1. The molecule has 0 bridgehead atoms. The van der Waals surface area contributed by atoms with E-state index < -0.39 is 34.6 Å². The number of halogens is 5. The molecular weight excluding hydrogens is 485 g/mol. The molecule has 3 N–H and O–H groups in total. The van der Waals surface area contributed by atoms with Crippen LogP contribution in [0, 0.1) is 11.6 Å². The molecule has 0 aliphatic carbocycles. The van der Waals surface area contributed by atoms with E-state index in [9.17, 15) is 31.5 Å². The standard InChI is InChI=1S/C19H18F2N2O.C5H4F3N3O/c1-2-3-4-8-23-9-7-13-10-16(17(21)11-15(13)19(23)24)18-6-5-14(20)12-22-18;6-5(7,8)3-2(9)1-10-11-4(3)12/h5-7,9-12H,2-4,8H2,1H3;1H,(H3,9,11,12). The zero-order valence-corrected chi connectivity index (χ0v) is 19.1. The number of alkyl halides is 3. The quantitative estimate of drug-likeness (QED) is 0.295. The van der Waals surface area contributed by atoms with Crippen molar-refractivity contribution in [2.24, 2.45) is 0 Å². The van der Waals surface area contributed by atoms with E-state index in [0.29, 0.717) is 23.0 Å². The molecule has 4 rings (SSSR count). The van der Waals surface area contributed by atoms with Crippen LogP contribution in [-0.2, 0) is 12.7 Å². The van der Waals surface area contributed by atoms with Crippen molar-refractivity contribution >= 4 is 16.5 Å². The topological polar surface area (TPSA) is 107 Å². The van der Waals surface area contributed by atoms with Gasteiger partial charge in [-0.1, -0.05) is 19.8 Å². The van der Waals surface area contributed by atoms with Gasteiger partial charge in [-0.15, -0.1) is 0 Å². The maximum atomic E-state index is 14.4. The maximum Gasteiger partial charge on any atom is 0.423 e. The lowest BCUT2D eigenvalue weighted by molar-refractivity contribution is -0.138. The second kappa shape index (κ2) is 11.1. The number of anilines is 1. The molecule has 4 aromatic rings. The molecule has 0 unspecified atom stereocenters. The minimum absolute atomic E-state index is 0.193. The number of aromatic nitrogens is 4. The van der Waals surface area contributed by atoms with Gasteiger partial charge in [0.15, 0.2) is 0 Å². The third-order valence-corrected chi connectivity index (χ3v) is 5.24. The molecule has 0 amide bonds. The number of hydrogen-bond acceptors (Lipinski definition) is 5. The summed E-state index contributed by atoms with van der Waals surface area (Å²) in [5.74, 6) is -1.01. The third kappa shape index (κ3) is 6.12. The van der Waals surface area contributed by atoms with Crippen LogP contribution in [0.3, 0.4) is 0 Å². The van der Waals surface area contributed by atoms with Crippen molar-refractivity contribution in [3.8, 4) is 11.3 Å². The molecule has 0 fully saturated rings. The highest BCUT2D eigenvalue weighted by atomic mass is 19.4. The minimum atomic E-state index is -4.74. The van der Waals surface area contributed by atoms with E-state index in [1.807, 2.05) is 0 Å². The summed E-state index contributed by atoms with van der Waals surface area (Å²) >= 11 is 0. The molecule has 190 valence electrons. The second-order valence-electron chi connectivity index (χ2n) is 7.83. The highest BCUT2D eigenvalue weighted by molar-refractivity contribution is 5.86. The van der Waals surface area contributed by atoms with Crippen LogP contribution in [0.25, 0.3) is 22.0 Å². The van der Waals surface area contributed by atoms with Gasteiger partial charge in [-0.25, -0.2) is 13.9 Å². The Morgan fingerprint density at radius 1 is 1.06 bits per heavy atom. The fourth-order valence-corrected chi connectivity index (χ4v) is 3.45. The van der Waals surface area contributed by atoms with E-state index in [1.165, 1.54) is 18.2 Å². The molecule has 3 aromatic heterocycles. The fraction of sp³-hybridized carbons (Fsp3) is 0.250. The Bertz CT molecular complexity index is 1460. The van der Waals surface area contributed by atoms with Crippen LogP contribution in [-0.4, -0.2) is 19.7 Å². The molecule has 0 aliphatic heterocycles. The molecular formula is C24H22F5N5O2. The van der Waals surface area contributed by atoms with Crippen LogP contribution in [0.1, 0.15) is 31.7 Å². The average Bonchev–Trinajstić information content (AvgIpc) is 2.81. The second-order valence-corrected chi connectivity index (χ2v) is 7.83. The predicted octanol–water partition coefficient (Wildman–Crippen LogP) is 4.90. The number of aromatic amines is 1. The number of pyridine rings is 2. The third-order valence-electron chi connectivity index (χ3n) is 5.24. The van der Waals surface area contributed by atoms with Crippen molar-refractivity contribution in [2.75, 3.05) is 5.73 Å². The summed E-state index contributed by atoms with van der Waals surface area (Å²) in [4.78, 5) is 27.0. The van der Waals surface area contributed by atoms with Crippen molar-refractivity contribution < 1.29 is 22.0 Å². The summed E-state index contributed by atoms with van der Waals surface area (Å²) in [7, 11) is 0. The molecule has 0 saturated carbocycles. The predicted molar refractivity (Wildman–Crippen MR) is 125 cm³/mol. The number of hydrogen-bond donors (Lipinski definition) is 2. The molecule has 0 radical (unpaired) electrons. The Kier molecular flexibility index (Phi) is 8.18. The molecule has 0 spiro atoms. The number of rotatable bonds is 5. The summed E-state index contributed by atoms with van der Waals surface area (Å²) in [5.41, 5.74) is 1.89. The molecule has 1 aromatic carbocycles. The number of benzene rings is 1. The number of aryl methyl sites for hydroxylation is 1. The molecule has 3 heterocycles. The molecule has 12 heteroatoms. The highest BCUT2D eigenvalue weighted by Crippen LogP contribution is 2.29. The summed E-state index contributed by atoms with van der Waals surface area (Å²) in [6, 6.07) is 7.29. The molecule has 0 atom stereocenters. The summed E-state index contributed by atoms with van der Waals surface area (Å²) in [5, 5.41) is 5.73. The van der Waals surface area contributed by atoms with Crippen molar-refractivity contribution in [1.82, 2.24) is 19.7 Å². The lowest BCUT2D eigenvalue weighted by Gasteiger charge is -2.09. The molecule has 0 saturated heterocycles. The number of nitrogens with zero attached hydrogens (tertiary/aromatic N) is 3. The Labute approximate surface area is 201 Å². The lowest BCUT2D eigenvalue weighted by atomic mass is 10.0. The van der Waals surface area contributed by atoms with Gasteiger partial charge in [0, 0.05) is 18.3 Å². The van der Waals surface area contributed by atoms with Crippen LogP contribution in [0.5, 0.6) is 0 Å². The Morgan fingerprint density at radius 2 is 1.81 bits per heavy atom. The van der Waals surface area contributed by atoms with Crippen molar-refractivity contribution in [3.63, 3.8) is 0 Å². The van der Waals surface area contributed by atoms with Gasteiger partial charge >= 0.3 is 6.18 Å². The summed E-state index contributed by atoms with van der Waals surface area (Å²) in [6.07, 6.45) is 1.83. The van der Waals surface area contributed by atoms with Gasteiger partial charge in [-0.05, 0) is 42.1 Å². The van der Waals surface area contributed by atoms with Gasteiger partial charge in [-0.3, -0.25) is 14.6 Å². The van der Waals surface area contributed by atoms with Crippen LogP contribution < -0.4 is 16.9 Å². The zero-order chi connectivity index (χ0) is 26.5. The van der Waals surface area contributed by atoms with Crippen molar-refractivity contribution in [3.05, 3.63) is 86.8 Å². The van der Waals surface area contributed by atoms with Crippen LogP contribution in [0.4, 0.5) is 27.6 Å². The van der Waals surface area contributed by atoms with Gasteiger partial charge in [0.05, 0.1) is 29.2 Å².